The van der Waals surface area contributed by atoms with E-state index in [1.54, 1.807) is 7.11 Å². The fourth-order valence-electron chi connectivity index (χ4n) is 1.73. The van der Waals surface area contributed by atoms with Crippen LogP contribution in [0.5, 0.6) is 11.5 Å². The molecule has 0 bridgehead atoms. The van der Waals surface area contributed by atoms with Gasteiger partial charge < -0.3 is 14.6 Å². The van der Waals surface area contributed by atoms with Crippen LogP contribution >= 0.6 is 31.9 Å². The molecule has 0 aliphatic carbocycles. The summed E-state index contributed by atoms with van der Waals surface area (Å²) in [5.74, 6) is 1.52. The molecule has 0 spiro atoms. The van der Waals surface area contributed by atoms with Crippen molar-refractivity contribution < 1.29 is 14.6 Å². The lowest BCUT2D eigenvalue weighted by atomic mass is 10.2. The molecular formula is C15H14Br2O3. The van der Waals surface area contributed by atoms with Gasteiger partial charge in [-0.25, -0.2) is 0 Å². The van der Waals surface area contributed by atoms with Gasteiger partial charge in [0, 0.05) is 4.47 Å². The molecule has 0 aromatic heterocycles. The fraction of sp³-hybridized carbons (Fsp3) is 0.200. The number of aliphatic hydroxyl groups excluding tert-OH is 1. The Labute approximate surface area is 134 Å². The van der Waals surface area contributed by atoms with Crippen LogP contribution in [0.15, 0.2) is 45.3 Å². The van der Waals surface area contributed by atoms with Crippen LogP contribution < -0.4 is 9.47 Å². The molecule has 0 atom stereocenters. The van der Waals surface area contributed by atoms with E-state index >= 15 is 0 Å². The molecule has 3 nitrogen and oxygen atoms in total. The molecule has 1 N–H and O–H groups in total. The minimum absolute atomic E-state index is 0.0220. The Morgan fingerprint density at radius 3 is 2.50 bits per heavy atom. The fourth-order valence-corrected chi connectivity index (χ4v) is 2.69. The van der Waals surface area contributed by atoms with Gasteiger partial charge in [0.2, 0.25) is 0 Å². The van der Waals surface area contributed by atoms with Crippen molar-refractivity contribution in [3.63, 3.8) is 0 Å². The highest BCUT2D eigenvalue weighted by Crippen LogP contribution is 2.27. The highest BCUT2D eigenvalue weighted by molar-refractivity contribution is 9.10. The second kappa shape index (κ2) is 7.11. The molecule has 0 fully saturated rings. The Morgan fingerprint density at radius 1 is 1.05 bits per heavy atom. The van der Waals surface area contributed by atoms with E-state index in [0.29, 0.717) is 6.61 Å². The van der Waals surface area contributed by atoms with E-state index in [9.17, 15) is 5.11 Å². The lowest BCUT2D eigenvalue weighted by molar-refractivity contribution is 0.277. The van der Waals surface area contributed by atoms with Crippen LogP contribution in [0.3, 0.4) is 0 Å². The topological polar surface area (TPSA) is 38.7 Å². The van der Waals surface area contributed by atoms with E-state index < -0.39 is 0 Å². The molecule has 0 aliphatic heterocycles. The molecule has 0 unspecified atom stereocenters. The average molecular weight is 402 g/mol. The Morgan fingerprint density at radius 2 is 1.85 bits per heavy atom. The predicted octanol–water partition coefficient (Wildman–Crippen LogP) is 4.29. The SMILES string of the molecule is COc1ccc(COc2ccc(Br)c(CO)c2)cc1Br. The number of benzene rings is 2. The molecule has 2 aromatic rings. The van der Waals surface area contributed by atoms with Gasteiger partial charge in [0.25, 0.3) is 0 Å². The first kappa shape index (κ1) is 15.4. The van der Waals surface area contributed by atoms with E-state index in [0.717, 1.165) is 31.6 Å². The lowest BCUT2D eigenvalue weighted by Crippen LogP contribution is -1.97. The Balaban J connectivity index is 2.07. The Bertz CT molecular complexity index is 600. The van der Waals surface area contributed by atoms with Gasteiger partial charge in [0.05, 0.1) is 18.2 Å². The molecule has 2 aromatic carbocycles. The molecule has 0 heterocycles. The summed E-state index contributed by atoms with van der Waals surface area (Å²) in [6.45, 7) is 0.432. The summed E-state index contributed by atoms with van der Waals surface area (Å²) in [5, 5.41) is 9.22. The Hall–Kier alpha value is -1.04. The van der Waals surface area contributed by atoms with Crippen molar-refractivity contribution >= 4 is 31.9 Å². The third kappa shape index (κ3) is 3.75. The quantitative estimate of drug-likeness (QED) is 0.811. The zero-order chi connectivity index (χ0) is 14.5. The molecule has 0 amide bonds. The Kier molecular flexibility index (Phi) is 5.46. The largest absolute Gasteiger partial charge is 0.496 e. The van der Waals surface area contributed by atoms with Gasteiger partial charge >= 0.3 is 0 Å². The molecule has 0 radical (unpaired) electrons. The lowest BCUT2D eigenvalue weighted by Gasteiger charge is -2.10. The minimum Gasteiger partial charge on any atom is -0.496 e. The number of ether oxygens (including phenoxy) is 2. The first-order valence-corrected chi connectivity index (χ1v) is 7.57. The summed E-state index contributed by atoms with van der Waals surface area (Å²) < 4.78 is 12.7. The van der Waals surface area contributed by atoms with Crippen LogP contribution in [0, 0.1) is 0 Å². The summed E-state index contributed by atoms with van der Waals surface area (Å²) in [4.78, 5) is 0. The number of aliphatic hydroxyl groups is 1. The van der Waals surface area contributed by atoms with Crippen LogP contribution in [0.4, 0.5) is 0 Å². The zero-order valence-electron chi connectivity index (χ0n) is 10.9. The summed E-state index contributed by atoms with van der Waals surface area (Å²) in [6, 6.07) is 11.4. The highest BCUT2D eigenvalue weighted by atomic mass is 79.9. The van der Waals surface area contributed by atoms with Crippen molar-refractivity contribution in [1.82, 2.24) is 0 Å². The molecule has 0 aliphatic rings. The van der Waals surface area contributed by atoms with Crippen molar-refractivity contribution in [2.24, 2.45) is 0 Å². The maximum absolute atomic E-state index is 9.22. The van der Waals surface area contributed by atoms with Crippen molar-refractivity contribution in [3.05, 3.63) is 56.5 Å². The summed E-state index contributed by atoms with van der Waals surface area (Å²) >= 11 is 6.82. The number of hydrogen-bond donors (Lipinski definition) is 1. The number of methoxy groups -OCH3 is 1. The summed E-state index contributed by atoms with van der Waals surface area (Å²) in [7, 11) is 1.63. The molecule has 2 rings (SSSR count). The zero-order valence-corrected chi connectivity index (χ0v) is 14.1. The maximum Gasteiger partial charge on any atom is 0.133 e. The second-order valence-electron chi connectivity index (χ2n) is 4.17. The van der Waals surface area contributed by atoms with Gasteiger partial charge in [0.15, 0.2) is 0 Å². The van der Waals surface area contributed by atoms with Crippen LogP contribution in [-0.2, 0) is 13.2 Å². The maximum atomic E-state index is 9.22. The van der Waals surface area contributed by atoms with E-state index in [2.05, 4.69) is 31.9 Å². The predicted molar refractivity (Wildman–Crippen MR) is 85.1 cm³/mol. The number of halogens is 2. The summed E-state index contributed by atoms with van der Waals surface area (Å²) in [6.07, 6.45) is 0. The highest BCUT2D eigenvalue weighted by Gasteiger charge is 2.04. The van der Waals surface area contributed by atoms with Crippen LogP contribution in [0.1, 0.15) is 11.1 Å². The number of hydrogen-bond acceptors (Lipinski definition) is 3. The van der Waals surface area contributed by atoms with E-state index in [1.807, 2.05) is 36.4 Å². The molecule has 0 saturated heterocycles. The van der Waals surface area contributed by atoms with Crippen molar-refractivity contribution in [2.45, 2.75) is 13.2 Å². The first-order chi connectivity index (χ1) is 9.63. The van der Waals surface area contributed by atoms with Gasteiger partial charge in [-0.05, 0) is 57.4 Å². The molecular weight excluding hydrogens is 388 g/mol. The van der Waals surface area contributed by atoms with Crippen molar-refractivity contribution in [1.29, 1.82) is 0 Å². The van der Waals surface area contributed by atoms with Gasteiger partial charge in [0.1, 0.15) is 18.1 Å². The van der Waals surface area contributed by atoms with Crippen molar-refractivity contribution in [2.75, 3.05) is 7.11 Å². The van der Waals surface area contributed by atoms with Crippen LogP contribution in [-0.4, -0.2) is 12.2 Å². The standard InChI is InChI=1S/C15H14Br2O3/c1-19-15-5-2-10(6-14(15)17)9-20-12-3-4-13(16)11(7-12)8-18/h2-7,18H,8-9H2,1H3. The third-order valence-corrected chi connectivity index (χ3v) is 4.20. The first-order valence-electron chi connectivity index (χ1n) is 5.98. The normalized spacial score (nSPS) is 10.4. The van der Waals surface area contributed by atoms with Gasteiger partial charge in [-0.2, -0.15) is 0 Å². The van der Waals surface area contributed by atoms with Crippen molar-refractivity contribution in [3.8, 4) is 11.5 Å². The van der Waals surface area contributed by atoms with E-state index in [4.69, 9.17) is 9.47 Å². The molecule has 20 heavy (non-hydrogen) atoms. The van der Waals surface area contributed by atoms with Gasteiger partial charge in [-0.3, -0.25) is 0 Å². The minimum atomic E-state index is -0.0220. The second-order valence-corrected chi connectivity index (χ2v) is 5.88. The van der Waals surface area contributed by atoms with E-state index in [1.165, 1.54) is 0 Å². The van der Waals surface area contributed by atoms with Gasteiger partial charge in [-0.1, -0.05) is 22.0 Å². The summed E-state index contributed by atoms with van der Waals surface area (Å²) in [5.41, 5.74) is 1.84. The molecule has 5 heteroatoms. The van der Waals surface area contributed by atoms with Crippen LogP contribution in [0.25, 0.3) is 0 Å². The molecule has 106 valence electrons. The average Bonchev–Trinajstić information content (AvgIpc) is 2.46. The van der Waals surface area contributed by atoms with Gasteiger partial charge in [-0.15, -0.1) is 0 Å². The molecule has 0 saturated carbocycles. The third-order valence-electron chi connectivity index (χ3n) is 2.81. The van der Waals surface area contributed by atoms with Crippen LogP contribution in [0.2, 0.25) is 0 Å². The van der Waals surface area contributed by atoms with E-state index in [-0.39, 0.29) is 6.61 Å². The number of rotatable bonds is 5. The smallest absolute Gasteiger partial charge is 0.133 e. The monoisotopic (exact) mass is 400 g/mol.